The molecule has 3 aromatic rings. The lowest BCUT2D eigenvalue weighted by atomic mass is 10.1. The second-order valence-electron chi connectivity index (χ2n) is 4.69. The summed E-state index contributed by atoms with van der Waals surface area (Å²) in [7, 11) is 1.70. The Bertz CT molecular complexity index is 949. The molecule has 0 spiro atoms. The van der Waals surface area contributed by atoms with Crippen molar-refractivity contribution in [1.82, 2.24) is 4.57 Å². The molecule has 24 heavy (non-hydrogen) atoms. The molecule has 0 aliphatic carbocycles. The van der Waals surface area contributed by atoms with Gasteiger partial charge in [-0.3, -0.25) is 9.56 Å². The van der Waals surface area contributed by atoms with Crippen LogP contribution in [0.4, 0.5) is 4.39 Å². The maximum atomic E-state index is 13.4. The molecule has 0 bridgehead atoms. The summed E-state index contributed by atoms with van der Waals surface area (Å²) < 4.78 is 15.3. The van der Waals surface area contributed by atoms with E-state index in [1.54, 1.807) is 31.3 Å². The van der Waals surface area contributed by atoms with Crippen molar-refractivity contribution >= 4 is 58.5 Å². The first-order valence-corrected chi connectivity index (χ1v) is 8.57. The van der Waals surface area contributed by atoms with Crippen molar-refractivity contribution in [3.8, 4) is 16.9 Å². The van der Waals surface area contributed by atoms with Crippen molar-refractivity contribution in [2.75, 3.05) is 7.05 Å². The summed E-state index contributed by atoms with van der Waals surface area (Å²) in [5, 5.41) is 2.97. The highest BCUT2D eigenvalue weighted by molar-refractivity contribution is 7.07. The number of benzene rings is 2. The van der Waals surface area contributed by atoms with E-state index in [0.717, 1.165) is 21.7 Å². The van der Waals surface area contributed by atoms with Gasteiger partial charge < -0.3 is 0 Å². The first-order valence-electron chi connectivity index (χ1n) is 6.55. The molecule has 0 saturated heterocycles. The van der Waals surface area contributed by atoms with Gasteiger partial charge in [-0.05, 0) is 30.3 Å². The molecule has 0 saturated carbocycles. The van der Waals surface area contributed by atoms with Gasteiger partial charge in [-0.25, -0.2) is 4.39 Å². The van der Waals surface area contributed by atoms with E-state index in [-0.39, 0.29) is 17.4 Å². The van der Waals surface area contributed by atoms with Gasteiger partial charge in [0.2, 0.25) is 0 Å². The van der Waals surface area contributed by atoms with Crippen LogP contribution in [0.3, 0.4) is 0 Å². The van der Waals surface area contributed by atoms with Crippen LogP contribution in [0.2, 0.25) is 15.1 Å². The third kappa shape index (κ3) is 3.63. The highest BCUT2D eigenvalue weighted by Crippen LogP contribution is 2.30. The third-order valence-electron chi connectivity index (χ3n) is 3.28. The quantitative estimate of drug-likeness (QED) is 0.463. The molecule has 0 radical (unpaired) electrons. The molecule has 0 atom stereocenters. The molecule has 0 unspecified atom stereocenters. The Balaban J connectivity index is 0.00000208. The number of nitrogens with zero attached hydrogens (tertiary/aromatic N) is 2. The minimum Gasteiger partial charge on any atom is -0.285 e. The molecule has 3 rings (SSSR count). The zero-order valence-corrected chi connectivity index (χ0v) is 16.2. The number of halogens is 5. The van der Waals surface area contributed by atoms with Crippen molar-refractivity contribution in [2.24, 2.45) is 4.99 Å². The lowest BCUT2D eigenvalue weighted by Crippen LogP contribution is -2.13. The largest absolute Gasteiger partial charge is 0.285 e. The van der Waals surface area contributed by atoms with Gasteiger partial charge in [-0.2, -0.15) is 0 Å². The minimum atomic E-state index is -0.461. The summed E-state index contributed by atoms with van der Waals surface area (Å²) in [5.74, 6) is -0.461. The molecule has 0 N–H and O–H groups in total. The van der Waals surface area contributed by atoms with Crippen LogP contribution < -0.4 is 4.80 Å². The van der Waals surface area contributed by atoms with Crippen LogP contribution in [0.15, 0.2) is 46.8 Å². The predicted octanol–water partition coefficient (Wildman–Crippen LogP) is 6.26. The number of aromatic nitrogens is 1. The number of hydrogen-bond donors (Lipinski definition) is 0. The van der Waals surface area contributed by atoms with E-state index in [0.29, 0.717) is 10.0 Å². The third-order valence-corrected chi connectivity index (χ3v) is 5.22. The van der Waals surface area contributed by atoms with Gasteiger partial charge in [-0.1, -0.05) is 40.9 Å². The van der Waals surface area contributed by atoms with Gasteiger partial charge in [0.25, 0.3) is 0 Å². The molecule has 0 amide bonds. The monoisotopic (exact) mass is 422 g/mol. The summed E-state index contributed by atoms with van der Waals surface area (Å²) in [6.07, 6.45) is 0. The SMILES string of the molecule is CN=c1scc(-c2ccc(Cl)c(Cl)c2)n1-c1ccc(F)c(Cl)c1.Cl. The summed E-state index contributed by atoms with van der Waals surface area (Å²) in [5.41, 5.74) is 2.47. The standard InChI is InChI=1S/C16H10Cl3FN2S.ClH/c1-21-16-22(10-3-5-14(20)13(19)7-10)15(8-23-16)9-2-4-11(17)12(18)6-9;/h2-8H,1H3;1H. The molecule has 1 aromatic heterocycles. The Kier molecular flexibility index (Phi) is 6.34. The van der Waals surface area contributed by atoms with Gasteiger partial charge in [0.05, 0.1) is 26.4 Å². The van der Waals surface area contributed by atoms with E-state index in [4.69, 9.17) is 34.8 Å². The normalized spacial score (nSPS) is 11.5. The van der Waals surface area contributed by atoms with Crippen LogP contribution in [0.5, 0.6) is 0 Å². The molecule has 8 heteroatoms. The number of thiazole rings is 1. The summed E-state index contributed by atoms with van der Waals surface area (Å²) in [6.45, 7) is 0. The number of rotatable bonds is 2. The molecule has 0 fully saturated rings. The van der Waals surface area contributed by atoms with E-state index in [9.17, 15) is 4.39 Å². The van der Waals surface area contributed by atoms with Crippen LogP contribution in [0, 0.1) is 5.82 Å². The molecule has 1 heterocycles. The van der Waals surface area contributed by atoms with Crippen molar-refractivity contribution in [2.45, 2.75) is 0 Å². The summed E-state index contributed by atoms with van der Waals surface area (Å²) in [6, 6.07) is 9.95. The minimum absolute atomic E-state index is 0. The average molecular weight is 424 g/mol. The second-order valence-corrected chi connectivity index (χ2v) is 6.75. The van der Waals surface area contributed by atoms with Crippen molar-refractivity contribution < 1.29 is 4.39 Å². The van der Waals surface area contributed by atoms with E-state index >= 15 is 0 Å². The zero-order valence-electron chi connectivity index (χ0n) is 12.3. The second kappa shape index (κ2) is 7.89. The van der Waals surface area contributed by atoms with Crippen molar-refractivity contribution in [3.05, 3.63) is 67.5 Å². The van der Waals surface area contributed by atoms with Gasteiger partial charge >= 0.3 is 0 Å². The average Bonchev–Trinajstić information content (AvgIpc) is 2.96. The molecular formula is C16H11Cl4FN2S. The van der Waals surface area contributed by atoms with E-state index in [2.05, 4.69) is 4.99 Å². The first kappa shape index (κ1) is 19.3. The Morgan fingerprint density at radius 2 is 1.75 bits per heavy atom. The molecule has 2 nitrogen and oxygen atoms in total. The van der Waals surface area contributed by atoms with Crippen molar-refractivity contribution in [3.63, 3.8) is 0 Å². The highest BCUT2D eigenvalue weighted by atomic mass is 35.5. The lowest BCUT2D eigenvalue weighted by molar-refractivity contribution is 0.628. The Labute approximate surface area is 163 Å². The summed E-state index contributed by atoms with van der Waals surface area (Å²) in [4.78, 5) is 5.03. The Hall–Kier alpha value is -1.04. The zero-order chi connectivity index (χ0) is 16.6. The fourth-order valence-electron chi connectivity index (χ4n) is 2.20. The van der Waals surface area contributed by atoms with E-state index in [1.807, 2.05) is 16.0 Å². The summed E-state index contributed by atoms with van der Waals surface area (Å²) >= 11 is 19.5. The van der Waals surface area contributed by atoms with Gasteiger partial charge in [-0.15, -0.1) is 23.7 Å². The predicted molar refractivity (Wildman–Crippen MR) is 103 cm³/mol. The van der Waals surface area contributed by atoms with Crippen molar-refractivity contribution in [1.29, 1.82) is 0 Å². The Morgan fingerprint density at radius 3 is 2.38 bits per heavy atom. The van der Waals surface area contributed by atoms with Crippen LogP contribution in [-0.4, -0.2) is 11.6 Å². The highest BCUT2D eigenvalue weighted by Gasteiger charge is 2.12. The number of hydrogen-bond acceptors (Lipinski definition) is 2. The van der Waals surface area contributed by atoms with Crippen LogP contribution in [0.25, 0.3) is 16.9 Å². The smallest absolute Gasteiger partial charge is 0.189 e. The maximum absolute atomic E-state index is 13.4. The fraction of sp³-hybridized carbons (Fsp3) is 0.0625. The maximum Gasteiger partial charge on any atom is 0.189 e. The molecule has 0 aliphatic rings. The van der Waals surface area contributed by atoms with Gasteiger partial charge in [0.15, 0.2) is 4.80 Å². The van der Waals surface area contributed by atoms with Gasteiger partial charge in [0.1, 0.15) is 5.82 Å². The molecule has 2 aromatic carbocycles. The molecular weight excluding hydrogens is 413 g/mol. The topological polar surface area (TPSA) is 17.3 Å². The molecule has 0 aliphatic heterocycles. The van der Waals surface area contributed by atoms with Crippen LogP contribution >= 0.6 is 58.5 Å². The van der Waals surface area contributed by atoms with Crippen LogP contribution in [0.1, 0.15) is 0 Å². The molecule has 126 valence electrons. The Morgan fingerprint density at radius 1 is 1.00 bits per heavy atom. The van der Waals surface area contributed by atoms with Gasteiger partial charge in [0, 0.05) is 18.0 Å². The first-order chi connectivity index (χ1) is 11.0. The fourth-order valence-corrected chi connectivity index (χ4v) is 3.54. The van der Waals surface area contributed by atoms with Crippen LogP contribution in [-0.2, 0) is 0 Å². The van der Waals surface area contributed by atoms with E-state index < -0.39 is 5.82 Å². The van der Waals surface area contributed by atoms with E-state index in [1.165, 1.54) is 17.4 Å². The lowest BCUT2D eigenvalue weighted by Gasteiger charge is -2.10.